The van der Waals surface area contributed by atoms with Crippen LogP contribution >= 0.6 is 0 Å². The minimum absolute atomic E-state index is 0.00173. The second kappa shape index (κ2) is 12.6. The predicted octanol–water partition coefficient (Wildman–Crippen LogP) is -0.757. The van der Waals surface area contributed by atoms with Gasteiger partial charge in [-0.3, -0.25) is 0 Å². The van der Waals surface area contributed by atoms with Crippen molar-refractivity contribution in [3.05, 3.63) is 6.92 Å². The van der Waals surface area contributed by atoms with Crippen LogP contribution in [0.15, 0.2) is 0 Å². The number of nitrogens with two attached hydrogens (primary N) is 1. The molecule has 107 valence electrons. The number of hydrogen-bond acceptors (Lipinski definition) is 5. The molecular formula is C11H23N2O5. The second-order valence-corrected chi connectivity index (χ2v) is 3.39. The normalized spacial score (nSPS) is 10.6. The Kier molecular flexibility index (Phi) is 11.9. The fourth-order valence-electron chi connectivity index (χ4n) is 1.17. The predicted molar refractivity (Wildman–Crippen MR) is 66.1 cm³/mol. The van der Waals surface area contributed by atoms with Crippen LogP contribution in [0.4, 0.5) is 4.79 Å². The fraction of sp³-hybridized carbons (Fsp3) is 0.818. The first-order valence-corrected chi connectivity index (χ1v) is 5.90. The lowest BCUT2D eigenvalue weighted by Gasteiger charge is -2.20. The Morgan fingerprint density at radius 2 is 1.61 bits per heavy atom. The van der Waals surface area contributed by atoms with Crippen LogP contribution in [0.2, 0.25) is 0 Å². The van der Waals surface area contributed by atoms with Crippen molar-refractivity contribution in [1.29, 1.82) is 0 Å². The molecular weight excluding hydrogens is 240 g/mol. The molecule has 0 aliphatic carbocycles. The quantitative estimate of drug-likeness (QED) is 0.451. The maximum absolute atomic E-state index is 11.1. The summed E-state index contributed by atoms with van der Waals surface area (Å²) in [5.74, 6) is 0. The van der Waals surface area contributed by atoms with Crippen LogP contribution in [-0.2, 0) is 14.2 Å². The van der Waals surface area contributed by atoms with E-state index in [1.807, 2.05) is 0 Å². The number of aliphatic hydroxyl groups excluding tert-OH is 1. The van der Waals surface area contributed by atoms with Gasteiger partial charge in [-0.25, -0.2) is 4.79 Å². The minimum Gasteiger partial charge on any atom is -0.394 e. The van der Waals surface area contributed by atoms with Gasteiger partial charge in [0.05, 0.1) is 39.6 Å². The maximum atomic E-state index is 11.1. The Hall–Kier alpha value is -0.890. The van der Waals surface area contributed by atoms with Gasteiger partial charge in [-0.2, -0.15) is 0 Å². The van der Waals surface area contributed by atoms with Crippen LogP contribution in [0.3, 0.4) is 0 Å². The van der Waals surface area contributed by atoms with Crippen LogP contribution in [0.1, 0.15) is 0 Å². The summed E-state index contributed by atoms with van der Waals surface area (Å²) in [7, 11) is 0. The number of aliphatic hydroxyl groups is 1. The Bertz CT molecular complexity index is 204. The summed E-state index contributed by atoms with van der Waals surface area (Å²) in [6.45, 7) is 6.67. The smallest absolute Gasteiger partial charge is 0.314 e. The average molecular weight is 263 g/mol. The molecule has 7 heteroatoms. The molecule has 1 radical (unpaired) electrons. The van der Waals surface area contributed by atoms with Gasteiger partial charge in [0.2, 0.25) is 0 Å². The molecule has 0 spiro atoms. The number of ether oxygens (including phenoxy) is 3. The third-order valence-corrected chi connectivity index (χ3v) is 2.07. The number of hydrogen-bond donors (Lipinski definition) is 2. The molecule has 0 aliphatic heterocycles. The molecule has 0 atom stereocenters. The lowest BCUT2D eigenvalue weighted by Crippen LogP contribution is -2.40. The monoisotopic (exact) mass is 263 g/mol. The summed E-state index contributed by atoms with van der Waals surface area (Å²) in [6, 6.07) is -0.497. The Morgan fingerprint density at radius 1 is 1.06 bits per heavy atom. The number of amides is 2. The van der Waals surface area contributed by atoms with Gasteiger partial charge < -0.3 is 30.0 Å². The Labute approximate surface area is 108 Å². The SMILES string of the molecule is [CH2]COCCN(CCOCCOCCO)C(N)=O. The van der Waals surface area contributed by atoms with E-state index in [2.05, 4.69) is 6.92 Å². The number of primary amides is 1. The molecule has 0 fully saturated rings. The van der Waals surface area contributed by atoms with E-state index in [1.54, 1.807) is 0 Å². The van der Waals surface area contributed by atoms with E-state index in [1.165, 1.54) is 4.90 Å². The highest BCUT2D eigenvalue weighted by Gasteiger charge is 2.08. The Balaban J connectivity index is 3.49. The highest BCUT2D eigenvalue weighted by molar-refractivity contribution is 5.71. The van der Waals surface area contributed by atoms with E-state index < -0.39 is 6.03 Å². The van der Waals surface area contributed by atoms with E-state index in [0.29, 0.717) is 52.7 Å². The van der Waals surface area contributed by atoms with Crippen molar-refractivity contribution < 1.29 is 24.1 Å². The van der Waals surface area contributed by atoms with E-state index in [-0.39, 0.29) is 6.61 Å². The van der Waals surface area contributed by atoms with Gasteiger partial charge in [0.1, 0.15) is 0 Å². The topological polar surface area (TPSA) is 94.2 Å². The first kappa shape index (κ1) is 17.1. The van der Waals surface area contributed by atoms with E-state index in [9.17, 15) is 4.79 Å². The summed E-state index contributed by atoms with van der Waals surface area (Å²) >= 11 is 0. The summed E-state index contributed by atoms with van der Waals surface area (Å²) in [6.07, 6.45) is 0. The van der Waals surface area contributed by atoms with Gasteiger partial charge in [0.15, 0.2) is 0 Å². The van der Waals surface area contributed by atoms with Gasteiger partial charge in [0.25, 0.3) is 0 Å². The van der Waals surface area contributed by atoms with E-state index in [4.69, 9.17) is 25.1 Å². The van der Waals surface area contributed by atoms with Crippen molar-refractivity contribution in [1.82, 2.24) is 4.90 Å². The zero-order valence-corrected chi connectivity index (χ0v) is 10.7. The Morgan fingerprint density at radius 3 is 2.11 bits per heavy atom. The number of urea groups is 1. The molecule has 0 saturated carbocycles. The van der Waals surface area contributed by atoms with Crippen LogP contribution in [-0.4, -0.2) is 75.4 Å². The number of carbonyl (C=O) groups excluding carboxylic acids is 1. The molecule has 0 aromatic rings. The third kappa shape index (κ3) is 10.3. The average Bonchev–Trinajstić information content (AvgIpc) is 2.35. The van der Waals surface area contributed by atoms with Gasteiger partial charge in [-0.05, 0) is 6.92 Å². The fourth-order valence-corrected chi connectivity index (χ4v) is 1.17. The van der Waals surface area contributed by atoms with E-state index >= 15 is 0 Å². The van der Waals surface area contributed by atoms with Gasteiger partial charge in [-0.1, -0.05) is 0 Å². The summed E-state index contributed by atoms with van der Waals surface area (Å²) in [4.78, 5) is 12.5. The number of nitrogens with zero attached hydrogens (tertiary/aromatic N) is 1. The zero-order valence-electron chi connectivity index (χ0n) is 10.7. The lowest BCUT2D eigenvalue weighted by molar-refractivity contribution is 0.0274. The first-order chi connectivity index (χ1) is 8.72. The molecule has 7 nitrogen and oxygen atoms in total. The maximum Gasteiger partial charge on any atom is 0.314 e. The van der Waals surface area contributed by atoms with Crippen molar-refractivity contribution in [3.8, 4) is 0 Å². The summed E-state index contributed by atoms with van der Waals surface area (Å²) in [5, 5.41) is 8.47. The van der Waals surface area contributed by atoms with Crippen LogP contribution in [0.5, 0.6) is 0 Å². The molecule has 0 aliphatic rings. The van der Waals surface area contributed by atoms with Crippen molar-refractivity contribution in [2.24, 2.45) is 5.73 Å². The van der Waals surface area contributed by atoms with E-state index in [0.717, 1.165) is 0 Å². The first-order valence-electron chi connectivity index (χ1n) is 5.90. The number of rotatable bonds is 12. The van der Waals surface area contributed by atoms with Gasteiger partial charge in [-0.15, -0.1) is 0 Å². The van der Waals surface area contributed by atoms with Crippen molar-refractivity contribution in [2.75, 3.05) is 59.3 Å². The molecule has 0 aromatic heterocycles. The van der Waals surface area contributed by atoms with Gasteiger partial charge in [0, 0.05) is 19.7 Å². The van der Waals surface area contributed by atoms with Crippen LogP contribution in [0, 0.1) is 6.92 Å². The summed E-state index contributed by atoms with van der Waals surface area (Å²) < 4.78 is 15.3. The summed E-state index contributed by atoms with van der Waals surface area (Å²) in [5.41, 5.74) is 5.21. The molecule has 0 bridgehead atoms. The molecule has 3 N–H and O–H groups in total. The number of carbonyl (C=O) groups is 1. The molecule has 0 aromatic carbocycles. The minimum atomic E-state index is -0.497. The van der Waals surface area contributed by atoms with Crippen LogP contribution < -0.4 is 5.73 Å². The highest BCUT2D eigenvalue weighted by Crippen LogP contribution is 1.90. The third-order valence-electron chi connectivity index (χ3n) is 2.07. The molecule has 0 heterocycles. The molecule has 18 heavy (non-hydrogen) atoms. The molecule has 0 unspecified atom stereocenters. The highest BCUT2D eigenvalue weighted by atomic mass is 16.5. The van der Waals surface area contributed by atoms with Gasteiger partial charge >= 0.3 is 6.03 Å². The largest absolute Gasteiger partial charge is 0.394 e. The van der Waals surface area contributed by atoms with Crippen molar-refractivity contribution >= 4 is 6.03 Å². The molecule has 0 rings (SSSR count). The van der Waals surface area contributed by atoms with Crippen molar-refractivity contribution in [3.63, 3.8) is 0 Å². The lowest BCUT2D eigenvalue weighted by atomic mass is 10.5. The molecule has 0 saturated heterocycles. The zero-order chi connectivity index (χ0) is 13.6. The molecule has 2 amide bonds. The van der Waals surface area contributed by atoms with Crippen LogP contribution in [0.25, 0.3) is 0 Å². The second-order valence-electron chi connectivity index (χ2n) is 3.39. The van der Waals surface area contributed by atoms with Crippen molar-refractivity contribution in [2.45, 2.75) is 0 Å². The standard InChI is InChI=1S/C11H23N2O5/c1-2-16-6-3-13(11(12)15)4-7-17-9-10-18-8-5-14/h14H,1-10H2,(H2,12,15).